The normalized spacial score (nSPS) is 20.7. The van der Waals surface area contributed by atoms with Crippen LogP contribution in [0.5, 0.6) is 0 Å². The quantitative estimate of drug-likeness (QED) is 0.738. The molecule has 0 bridgehead atoms. The SMILES string of the molecule is O=C(NC1CC1)c1noc(C2CCCN2Cc2cccc3[nH]ccc23)n1. The van der Waals surface area contributed by atoms with Gasteiger partial charge in [0.05, 0.1) is 6.04 Å². The molecule has 7 heteroatoms. The van der Waals surface area contributed by atoms with Crippen LogP contribution in [0.15, 0.2) is 35.0 Å². The second-order valence-corrected chi connectivity index (χ2v) is 7.19. The van der Waals surface area contributed by atoms with Gasteiger partial charge in [-0.25, -0.2) is 0 Å². The smallest absolute Gasteiger partial charge is 0.292 e. The van der Waals surface area contributed by atoms with Crippen molar-refractivity contribution in [3.8, 4) is 0 Å². The maximum absolute atomic E-state index is 12.1. The van der Waals surface area contributed by atoms with Gasteiger partial charge in [0.25, 0.3) is 11.7 Å². The molecule has 2 aromatic heterocycles. The van der Waals surface area contributed by atoms with E-state index in [0.29, 0.717) is 5.89 Å². The van der Waals surface area contributed by atoms with Crippen molar-refractivity contribution in [1.29, 1.82) is 0 Å². The molecule has 134 valence electrons. The van der Waals surface area contributed by atoms with Gasteiger partial charge in [0.2, 0.25) is 5.89 Å². The highest BCUT2D eigenvalue weighted by molar-refractivity contribution is 5.90. The van der Waals surface area contributed by atoms with Crippen LogP contribution in [-0.2, 0) is 6.54 Å². The zero-order valence-corrected chi connectivity index (χ0v) is 14.4. The second kappa shape index (κ2) is 6.25. The first-order valence-corrected chi connectivity index (χ1v) is 9.21. The van der Waals surface area contributed by atoms with Crippen molar-refractivity contribution in [2.45, 2.75) is 44.3 Å². The molecule has 3 heterocycles. The van der Waals surface area contributed by atoms with E-state index in [4.69, 9.17) is 4.52 Å². The Morgan fingerprint density at radius 2 is 2.23 bits per heavy atom. The van der Waals surface area contributed by atoms with Crippen molar-refractivity contribution >= 4 is 16.8 Å². The van der Waals surface area contributed by atoms with Gasteiger partial charge < -0.3 is 14.8 Å². The van der Waals surface area contributed by atoms with Gasteiger partial charge in [-0.3, -0.25) is 9.69 Å². The Bertz CT molecular complexity index is 942. The van der Waals surface area contributed by atoms with E-state index in [1.807, 2.05) is 6.20 Å². The molecule has 1 saturated heterocycles. The van der Waals surface area contributed by atoms with Gasteiger partial charge in [0.1, 0.15) is 0 Å². The highest BCUT2D eigenvalue weighted by Crippen LogP contribution is 2.33. The fourth-order valence-corrected chi connectivity index (χ4v) is 3.74. The van der Waals surface area contributed by atoms with Crippen molar-refractivity contribution < 1.29 is 9.32 Å². The van der Waals surface area contributed by atoms with Crippen LogP contribution in [-0.4, -0.2) is 38.5 Å². The number of fused-ring (bicyclic) bond motifs is 1. The number of H-pyrrole nitrogens is 1. The summed E-state index contributed by atoms with van der Waals surface area (Å²) in [7, 11) is 0. The summed E-state index contributed by atoms with van der Waals surface area (Å²) in [4.78, 5) is 22.1. The molecule has 1 unspecified atom stereocenters. The summed E-state index contributed by atoms with van der Waals surface area (Å²) >= 11 is 0. The summed E-state index contributed by atoms with van der Waals surface area (Å²) in [6.07, 6.45) is 6.10. The van der Waals surface area contributed by atoms with Crippen LogP contribution in [0.25, 0.3) is 10.9 Å². The molecule has 1 aliphatic carbocycles. The van der Waals surface area contributed by atoms with E-state index in [-0.39, 0.29) is 23.8 Å². The summed E-state index contributed by atoms with van der Waals surface area (Å²) in [6, 6.07) is 8.79. The fourth-order valence-electron chi connectivity index (χ4n) is 3.74. The third-order valence-corrected chi connectivity index (χ3v) is 5.26. The Labute approximate surface area is 150 Å². The number of rotatable bonds is 5. The van der Waals surface area contributed by atoms with E-state index in [1.54, 1.807) is 0 Å². The molecule has 0 spiro atoms. The van der Waals surface area contributed by atoms with Gasteiger partial charge in [0.15, 0.2) is 0 Å². The second-order valence-electron chi connectivity index (χ2n) is 7.19. The molecule has 2 aliphatic rings. The summed E-state index contributed by atoms with van der Waals surface area (Å²) in [6.45, 7) is 1.81. The van der Waals surface area contributed by atoms with E-state index in [9.17, 15) is 4.79 Å². The van der Waals surface area contributed by atoms with Crippen molar-refractivity contribution in [1.82, 2.24) is 25.3 Å². The van der Waals surface area contributed by atoms with E-state index in [0.717, 1.165) is 44.3 Å². The number of carbonyl (C=O) groups excluding carboxylic acids is 1. The lowest BCUT2D eigenvalue weighted by atomic mass is 10.1. The number of hydrogen-bond acceptors (Lipinski definition) is 5. The molecule has 26 heavy (non-hydrogen) atoms. The van der Waals surface area contributed by atoms with Crippen molar-refractivity contribution in [2.24, 2.45) is 0 Å². The molecule has 0 radical (unpaired) electrons. The minimum Gasteiger partial charge on any atom is -0.361 e. The molecule has 1 saturated carbocycles. The predicted octanol–water partition coefficient (Wildman–Crippen LogP) is 2.78. The highest BCUT2D eigenvalue weighted by atomic mass is 16.5. The first-order valence-electron chi connectivity index (χ1n) is 9.21. The van der Waals surface area contributed by atoms with E-state index in [1.165, 1.54) is 10.9 Å². The lowest BCUT2D eigenvalue weighted by Crippen LogP contribution is -2.27. The number of aromatic amines is 1. The van der Waals surface area contributed by atoms with Gasteiger partial charge in [0, 0.05) is 29.7 Å². The molecule has 1 aliphatic heterocycles. The number of carbonyl (C=O) groups is 1. The first kappa shape index (κ1) is 15.6. The largest absolute Gasteiger partial charge is 0.361 e. The molecule has 2 fully saturated rings. The van der Waals surface area contributed by atoms with Crippen molar-refractivity contribution in [3.05, 3.63) is 47.7 Å². The third kappa shape index (κ3) is 2.88. The summed E-state index contributed by atoms with van der Waals surface area (Å²) in [5.74, 6) is 0.459. The zero-order valence-electron chi connectivity index (χ0n) is 14.4. The maximum Gasteiger partial charge on any atom is 0.292 e. The number of hydrogen-bond donors (Lipinski definition) is 2. The van der Waals surface area contributed by atoms with Crippen LogP contribution < -0.4 is 5.32 Å². The third-order valence-electron chi connectivity index (χ3n) is 5.26. The summed E-state index contributed by atoms with van der Waals surface area (Å²) < 4.78 is 5.44. The molecule has 1 amide bonds. The van der Waals surface area contributed by atoms with Gasteiger partial charge in [-0.05, 0) is 49.9 Å². The summed E-state index contributed by atoms with van der Waals surface area (Å²) in [5.41, 5.74) is 2.43. The van der Waals surface area contributed by atoms with Crippen molar-refractivity contribution in [3.63, 3.8) is 0 Å². The lowest BCUT2D eigenvalue weighted by Gasteiger charge is -2.21. The molecule has 5 rings (SSSR count). The minimum atomic E-state index is -0.232. The standard InChI is InChI=1S/C19H21N5O2/c25-18(21-13-6-7-13)17-22-19(26-23-17)16-5-2-10-24(16)11-12-3-1-4-15-14(12)8-9-20-15/h1,3-4,8-9,13,16,20H,2,5-7,10-11H2,(H,21,25). The predicted molar refractivity (Wildman–Crippen MR) is 95.5 cm³/mol. The molecule has 2 N–H and O–H groups in total. The number of aromatic nitrogens is 3. The molecule has 7 nitrogen and oxygen atoms in total. The molecule has 1 aromatic carbocycles. The Balaban J connectivity index is 1.35. The van der Waals surface area contributed by atoms with Gasteiger partial charge in [-0.15, -0.1) is 0 Å². The van der Waals surface area contributed by atoms with Crippen LogP contribution in [0.4, 0.5) is 0 Å². The number of benzene rings is 1. The van der Waals surface area contributed by atoms with Crippen LogP contribution in [0.1, 0.15) is 53.8 Å². The number of nitrogens with one attached hydrogen (secondary N) is 2. The topological polar surface area (TPSA) is 87.0 Å². The van der Waals surface area contributed by atoms with Gasteiger partial charge in [-0.1, -0.05) is 17.3 Å². The van der Waals surface area contributed by atoms with Crippen LogP contribution in [0.2, 0.25) is 0 Å². The highest BCUT2D eigenvalue weighted by Gasteiger charge is 2.32. The monoisotopic (exact) mass is 351 g/mol. The Morgan fingerprint density at radius 3 is 3.12 bits per heavy atom. The number of likely N-dealkylation sites (tertiary alicyclic amines) is 1. The Hall–Kier alpha value is -2.67. The number of nitrogens with zero attached hydrogens (tertiary/aromatic N) is 3. The minimum absolute atomic E-state index is 0.0687. The number of amides is 1. The molecular weight excluding hydrogens is 330 g/mol. The molecule has 3 aromatic rings. The molecule has 1 atom stereocenters. The molecular formula is C19H21N5O2. The lowest BCUT2D eigenvalue weighted by molar-refractivity contribution is 0.0937. The van der Waals surface area contributed by atoms with E-state index >= 15 is 0 Å². The van der Waals surface area contributed by atoms with Crippen LogP contribution in [0, 0.1) is 0 Å². The Kier molecular flexibility index (Phi) is 3.74. The van der Waals surface area contributed by atoms with Crippen LogP contribution >= 0.6 is 0 Å². The van der Waals surface area contributed by atoms with E-state index in [2.05, 4.69) is 49.6 Å². The van der Waals surface area contributed by atoms with Crippen molar-refractivity contribution in [2.75, 3.05) is 6.54 Å². The van der Waals surface area contributed by atoms with Gasteiger partial charge in [-0.2, -0.15) is 4.98 Å². The Morgan fingerprint density at radius 1 is 1.31 bits per heavy atom. The average Bonchev–Trinajstić information content (AvgIpc) is 3.09. The van der Waals surface area contributed by atoms with E-state index < -0.39 is 0 Å². The van der Waals surface area contributed by atoms with Gasteiger partial charge >= 0.3 is 0 Å². The first-order chi connectivity index (χ1) is 12.8. The fraction of sp³-hybridized carbons (Fsp3) is 0.421. The van der Waals surface area contributed by atoms with Crippen LogP contribution in [0.3, 0.4) is 0 Å². The maximum atomic E-state index is 12.1. The average molecular weight is 351 g/mol. The summed E-state index contributed by atoms with van der Waals surface area (Å²) in [5, 5.41) is 8.04. The zero-order chi connectivity index (χ0) is 17.5.